The Morgan fingerprint density at radius 3 is 2.65 bits per heavy atom. The Bertz CT molecular complexity index is 809. The fourth-order valence-corrected chi connectivity index (χ4v) is 2.82. The Hall–Kier alpha value is -3.23. The summed E-state index contributed by atoms with van der Waals surface area (Å²) < 4.78 is 33.5. The standard InChI is InChI=1S/C17H16F2N4O3/c1-26-9-6-11(18)14(12(19)7-9)10-8-21-16(24)15(10)23-17(25)22-13-4-2-3-5-20-13/h2-7,10,15H,8H2,1H3,(H,21,24)(H2,20,22,23,25)/t10-,15-/m0/s1. The topological polar surface area (TPSA) is 92.4 Å². The molecule has 3 rings (SSSR count). The SMILES string of the molecule is COc1cc(F)c([C@@H]2CNC(=O)[C@H]2NC(=O)Nc2ccccn2)c(F)c1. The monoisotopic (exact) mass is 362 g/mol. The van der Waals surface area contributed by atoms with Gasteiger partial charge in [-0.3, -0.25) is 10.1 Å². The van der Waals surface area contributed by atoms with E-state index in [0.717, 1.165) is 12.1 Å². The van der Waals surface area contributed by atoms with Crippen LogP contribution in [-0.2, 0) is 4.79 Å². The molecule has 0 bridgehead atoms. The minimum Gasteiger partial charge on any atom is -0.497 e. The molecule has 2 atom stereocenters. The highest BCUT2D eigenvalue weighted by molar-refractivity contribution is 5.94. The molecular weight excluding hydrogens is 346 g/mol. The van der Waals surface area contributed by atoms with Gasteiger partial charge in [0.15, 0.2) is 0 Å². The van der Waals surface area contributed by atoms with Crippen molar-refractivity contribution in [2.45, 2.75) is 12.0 Å². The summed E-state index contributed by atoms with van der Waals surface area (Å²) in [7, 11) is 1.29. The zero-order valence-electron chi connectivity index (χ0n) is 13.8. The average Bonchev–Trinajstić information content (AvgIpc) is 2.95. The molecule has 7 nitrogen and oxygen atoms in total. The molecule has 1 saturated heterocycles. The van der Waals surface area contributed by atoms with Crippen LogP contribution < -0.4 is 20.7 Å². The fraction of sp³-hybridized carbons (Fsp3) is 0.235. The molecule has 0 aliphatic carbocycles. The number of nitrogens with zero attached hydrogens (tertiary/aromatic N) is 1. The highest BCUT2D eigenvalue weighted by Crippen LogP contribution is 2.31. The first-order valence-electron chi connectivity index (χ1n) is 7.78. The molecule has 3 amide bonds. The van der Waals surface area contributed by atoms with Gasteiger partial charge >= 0.3 is 6.03 Å². The summed E-state index contributed by atoms with van der Waals surface area (Å²) in [5.74, 6) is -2.82. The number of hydrogen-bond donors (Lipinski definition) is 3. The number of carbonyl (C=O) groups excluding carboxylic acids is 2. The largest absolute Gasteiger partial charge is 0.497 e. The summed E-state index contributed by atoms with van der Waals surface area (Å²) in [4.78, 5) is 28.1. The first kappa shape index (κ1) is 17.6. The van der Waals surface area contributed by atoms with Crippen LogP contribution >= 0.6 is 0 Å². The third-order valence-electron chi connectivity index (χ3n) is 4.03. The minimum atomic E-state index is -1.13. The quantitative estimate of drug-likeness (QED) is 0.773. The second kappa shape index (κ2) is 7.34. The van der Waals surface area contributed by atoms with Crippen molar-refractivity contribution in [3.63, 3.8) is 0 Å². The van der Waals surface area contributed by atoms with Gasteiger partial charge in [0.25, 0.3) is 0 Å². The smallest absolute Gasteiger partial charge is 0.321 e. The van der Waals surface area contributed by atoms with Crippen molar-refractivity contribution in [1.29, 1.82) is 0 Å². The van der Waals surface area contributed by atoms with E-state index in [-0.39, 0.29) is 23.7 Å². The zero-order chi connectivity index (χ0) is 18.7. The number of benzene rings is 1. The van der Waals surface area contributed by atoms with E-state index < -0.39 is 35.5 Å². The van der Waals surface area contributed by atoms with Gasteiger partial charge < -0.3 is 15.4 Å². The molecule has 136 valence electrons. The van der Waals surface area contributed by atoms with E-state index in [2.05, 4.69) is 20.9 Å². The fourth-order valence-electron chi connectivity index (χ4n) is 2.82. The molecule has 1 aromatic heterocycles. The molecule has 0 spiro atoms. The lowest BCUT2D eigenvalue weighted by Crippen LogP contribution is -2.45. The maximum Gasteiger partial charge on any atom is 0.321 e. The molecule has 0 saturated carbocycles. The average molecular weight is 362 g/mol. The van der Waals surface area contributed by atoms with Crippen molar-refractivity contribution in [1.82, 2.24) is 15.6 Å². The summed E-state index contributed by atoms with van der Waals surface area (Å²) in [5, 5.41) is 7.41. The number of methoxy groups -OCH3 is 1. The lowest BCUT2D eigenvalue weighted by molar-refractivity contribution is -0.120. The number of carbonyl (C=O) groups is 2. The normalized spacial score (nSPS) is 19.0. The van der Waals surface area contributed by atoms with Crippen molar-refractivity contribution >= 4 is 17.8 Å². The summed E-state index contributed by atoms with van der Waals surface area (Å²) in [6.45, 7) is -0.00641. The molecule has 0 unspecified atom stereocenters. The molecule has 9 heteroatoms. The summed E-state index contributed by atoms with van der Waals surface area (Å²) in [6.07, 6.45) is 1.49. The van der Waals surface area contributed by atoms with Gasteiger partial charge in [0.05, 0.1) is 7.11 Å². The van der Waals surface area contributed by atoms with Gasteiger partial charge in [-0.15, -0.1) is 0 Å². The molecule has 2 aromatic rings. The van der Waals surface area contributed by atoms with Crippen molar-refractivity contribution in [2.24, 2.45) is 0 Å². The number of rotatable bonds is 4. The van der Waals surface area contributed by atoms with E-state index in [0.29, 0.717) is 0 Å². The van der Waals surface area contributed by atoms with Crippen LogP contribution in [0.1, 0.15) is 11.5 Å². The van der Waals surface area contributed by atoms with Crippen LogP contribution in [0.5, 0.6) is 5.75 Å². The van der Waals surface area contributed by atoms with Gasteiger partial charge in [-0.05, 0) is 12.1 Å². The Kier molecular flexibility index (Phi) is 4.97. The van der Waals surface area contributed by atoms with Crippen LogP contribution in [0.15, 0.2) is 36.5 Å². The van der Waals surface area contributed by atoms with E-state index in [4.69, 9.17) is 4.74 Å². The van der Waals surface area contributed by atoms with Gasteiger partial charge in [0.1, 0.15) is 29.2 Å². The molecule has 3 N–H and O–H groups in total. The molecular formula is C17H16F2N4O3. The molecule has 26 heavy (non-hydrogen) atoms. The van der Waals surface area contributed by atoms with Crippen LogP contribution in [0.25, 0.3) is 0 Å². The number of hydrogen-bond acceptors (Lipinski definition) is 4. The van der Waals surface area contributed by atoms with E-state index in [1.54, 1.807) is 18.2 Å². The Morgan fingerprint density at radius 2 is 2.04 bits per heavy atom. The van der Waals surface area contributed by atoms with E-state index in [9.17, 15) is 18.4 Å². The van der Waals surface area contributed by atoms with Crippen LogP contribution in [0.3, 0.4) is 0 Å². The number of amides is 3. The summed E-state index contributed by atoms with van der Waals surface area (Å²) in [5.41, 5.74) is -0.285. The highest BCUT2D eigenvalue weighted by Gasteiger charge is 2.40. The van der Waals surface area contributed by atoms with Crippen LogP contribution in [0.2, 0.25) is 0 Å². The Labute approximate surface area is 147 Å². The zero-order valence-corrected chi connectivity index (χ0v) is 13.8. The number of anilines is 1. The number of pyridine rings is 1. The number of aromatic nitrogens is 1. The number of ether oxygens (including phenoxy) is 1. The first-order valence-corrected chi connectivity index (χ1v) is 7.78. The molecule has 1 aliphatic heterocycles. The van der Waals surface area contributed by atoms with E-state index >= 15 is 0 Å². The van der Waals surface area contributed by atoms with Crippen molar-refractivity contribution in [3.05, 3.63) is 53.7 Å². The van der Waals surface area contributed by atoms with Gasteiger partial charge in [0.2, 0.25) is 5.91 Å². The maximum atomic E-state index is 14.3. The van der Waals surface area contributed by atoms with Crippen LogP contribution in [-0.4, -0.2) is 36.6 Å². The van der Waals surface area contributed by atoms with E-state index in [1.807, 2.05) is 0 Å². The highest BCUT2D eigenvalue weighted by atomic mass is 19.1. The Morgan fingerprint density at radius 1 is 1.31 bits per heavy atom. The number of urea groups is 1. The predicted octanol–water partition coefficient (Wildman–Crippen LogP) is 1.77. The lowest BCUT2D eigenvalue weighted by Gasteiger charge is -2.20. The summed E-state index contributed by atoms with van der Waals surface area (Å²) >= 11 is 0. The predicted molar refractivity (Wildman–Crippen MR) is 88.8 cm³/mol. The van der Waals surface area contributed by atoms with E-state index in [1.165, 1.54) is 13.3 Å². The third kappa shape index (κ3) is 3.56. The second-order valence-electron chi connectivity index (χ2n) is 5.65. The molecule has 1 fully saturated rings. The van der Waals surface area contributed by atoms with Gasteiger partial charge in [-0.1, -0.05) is 6.07 Å². The van der Waals surface area contributed by atoms with Gasteiger partial charge in [-0.25, -0.2) is 18.6 Å². The van der Waals surface area contributed by atoms with Crippen molar-refractivity contribution in [3.8, 4) is 5.75 Å². The van der Waals surface area contributed by atoms with Crippen molar-refractivity contribution < 1.29 is 23.1 Å². The van der Waals surface area contributed by atoms with Gasteiger partial charge in [0, 0.05) is 36.4 Å². The number of nitrogens with one attached hydrogen (secondary N) is 3. The van der Waals surface area contributed by atoms with Gasteiger partial charge in [-0.2, -0.15) is 0 Å². The van der Waals surface area contributed by atoms with Crippen LogP contribution in [0.4, 0.5) is 19.4 Å². The number of halogens is 2. The summed E-state index contributed by atoms with van der Waals surface area (Å²) in [6, 6.07) is 5.16. The third-order valence-corrected chi connectivity index (χ3v) is 4.03. The maximum absolute atomic E-state index is 14.3. The van der Waals surface area contributed by atoms with Crippen LogP contribution in [0, 0.1) is 11.6 Å². The van der Waals surface area contributed by atoms with Crippen molar-refractivity contribution in [2.75, 3.05) is 19.0 Å². The first-order chi connectivity index (χ1) is 12.5. The Balaban J connectivity index is 1.80. The molecule has 2 heterocycles. The second-order valence-corrected chi connectivity index (χ2v) is 5.65. The lowest BCUT2D eigenvalue weighted by atomic mass is 9.93. The molecule has 1 aromatic carbocycles. The molecule has 1 aliphatic rings. The molecule has 0 radical (unpaired) electrons. The minimum absolute atomic E-state index is 0.00641.